The summed E-state index contributed by atoms with van der Waals surface area (Å²) in [6, 6.07) is 15.0. The lowest BCUT2D eigenvalue weighted by molar-refractivity contribution is 0.102. The Labute approximate surface area is 156 Å². The monoisotopic (exact) mass is 358 g/mol. The number of anilines is 1. The summed E-state index contributed by atoms with van der Waals surface area (Å²) in [5.41, 5.74) is 4.99. The molecule has 3 aromatic heterocycles. The lowest BCUT2D eigenvalue weighted by Gasteiger charge is -2.07. The first-order valence-corrected chi connectivity index (χ1v) is 8.49. The van der Waals surface area contributed by atoms with E-state index in [0.717, 1.165) is 22.5 Å². The highest BCUT2D eigenvalue weighted by Crippen LogP contribution is 2.23. The number of ether oxygens (including phenoxy) is 1. The maximum Gasteiger partial charge on any atom is 0.257 e. The number of hydrogen-bond acceptors (Lipinski definition) is 4. The van der Waals surface area contributed by atoms with Gasteiger partial charge in [0.05, 0.1) is 18.4 Å². The van der Waals surface area contributed by atoms with Crippen molar-refractivity contribution in [1.82, 2.24) is 14.4 Å². The van der Waals surface area contributed by atoms with Crippen LogP contribution in [0.4, 0.5) is 5.69 Å². The van der Waals surface area contributed by atoms with E-state index in [9.17, 15) is 4.79 Å². The zero-order valence-corrected chi connectivity index (χ0v) is 15.0. The van der Waals surface area contributed by atoms with E-state index in [2.05, 4.69) is 15.3 Å². The number of carbonyl (C=O) groups is 1. The zero-order chi connectivity index (χ0) is 18.8. The third-order valence-electron chi connectivity index (χ3n) is 4.24. The van der Waals surface area contributed by atoms with Crippen molar-refractivity contribution in [2.45, 2.75) is 6.92 Å². The Balaban J connectivity index is 1.58. The molecule has 27 heavy (non-hydrogen) atoms. The standard InChI is InChI=1S/C21H18N4O2/c1-14-8-9-25-13-18(24-19(25)10-14)15-4-3-5-17(11-15)23-21(26)16-6-7-20(27-2)22-12-16/h3-13H,1-2H3,(H,23,26). The number of pyridine rings is 2. The van der Waals surface area contributed by atoms with Gasteiger partial charge in [0.15, 0.2) is 0 Å². The quantitative estimate of drug-likeness (QED) is 0.599. The topological polar surface area (TPSA) is 68.5 Å². The van der Waals surface area contributed by atoms with Gasteiger partial charge in [0.1, 0.15) is 5.65 Å². The minimum absolute atomic E-state index is 0.229. The summed E-state index contributed by atoms with van der Waals surface area (Å²) in [6.45, 7) is 2.04. The molecule has 6 nitrogen and oxygen atoms in total. The minimum Gasteiger partial charge on any atom is -0.481 e. The van der Waals surface area contributed by atoms with E-state index in [1.807, 2.05) is 60.1 Å². The van der Waals surface area contributed by atoms with Crippen molar-refractivity contribution < 1.29 is 9.53 Å². The maximum atomic E-state index is 12.4. The smallest absolute Gasteiger partial charge is 0.257 e. The van der Waals surface area contributed by atoms with Crippen molar-refractivity contribution in [3.63, 3.8) is 0 Å². The molecule has 1 amide bonds. The second kappa shape index (κ2) is 6.92. The molecule has 0 spiro atoms. The Morgan fingerprint density at radius 3 is 2.81 bits per heavy atom. The molecule has 0 bridgehead atoms. The molecule has 0 aliphatic carbocycles. The Morgan fingerprint density at radius 1 is 1.15 bits per heavy atom. The number of aryl methyl sites for hydroxylation is 1. The molecule has 0 aliphatic rings. The summed E-state index contributed by atoms with van der Waals surface area (Å²) >= 11 is 0. The van der Waals surface area contributed by atoms with E-state index in [1.54, 1.807) is 12.1 Å². The van der Waals surface area contributed by atoms with Crippen LogP contribution in [-0.4, -0.2) is 27.4 Å². The number of nitrogens with one attached hydrogen (secondary N) is 1. The van der Waals surface area contributed by atoms with Gasteiger partial charge in [-0.1, -0.05) is 12.1 Å². The second-order valence-corrected chi connectivity index (χ2v) is 6.22. The summed E-state index contributed by atoms with van der Waals surface area (Å²) in [5, 5.41) is 2.89. The van der Waals surface area contributed by atoms with E-state index in [0.29, 0.717) is 17.1 Å². The van der Waals surface area contributed by atoms with Crippen LogP contribution in [0.3, 0.4) is 0 Å². The molecule has 0 saturated carbocycles. The van der Waals surface area contributed by atoms with E-state index in [-0.39, 0.29) is 5.91 Å². The summed E-state index contributed by atoms with van der Waals surface area (Å²) < 4.78 is 7.00. The third kappa shape index (κ3) is 3.50. The fourth-order valence-electron chi connectivity index (χ4n) is 2.82. The first-order valence-electron chi connectivity index (χ1n) is 8.49. The van der Waals surface area contributed by atoms with Crippen molar-refractivity contribution in [1.29, 1.82) is 0 Å². The number of aromatic nitrogens is 3. The number of rotatable bonds is 4. The van der Waals surface area contributed by atoms with Crippen LogP contribution >= 0.6 is 0 Å². The number of fused-ring (bicyclic) bond motifs is 1. The third-order valence-corrected chi connectivity index (χ3v) is 4.24. The minimum atomic E-state index is -0.229. The highest BCUT2D eigenvalue weighted by molar-refractivity contribution is 6.04. The predicted octanol–water partition coefficient (Wildman–Crippen LogP) is 3.97. The molecule has 3 heterocycles. The van der Waals surface area contributed by atoms with Crippen molar-refractivity contribution in [2.75, 3.05) is 12.4 Å². The first-order chi connectivity index (χ1) is 13.1. The van der Waals surface area contributed by atoms with E-state index in [1.165, 1.54) is 13.3 Å². The van der Waals surface area contributed by atoms with Crippen LogP contribution in [0.2, 0.25) is 0 Å². The average Bonchev–Trinajstić information content (AvgIpc) is 3.11. The SMILES string of the molecule is COc1ccc(C(=O)Nc2cccc(-c3cn4ccc(C)cc4n3)c2)cn1. The van der Waals surface area contributed by atoms with Gasteiger partial charge in [-0.15, -0.1) is 0 Å². The number of nitrogens with zero attached hydrogens (tertiary/aromatic N) is 3. The molecule has 4 rings (SSSR count). The zero-order valence-electron chi connectivity index (χ0n) is 15.0. The van der Waals surface area contributed by atoms with Gasteiger partial charge in [0.25, 0.3) is 5.91 Å². The number of carbonyl (C=O) groups excluding carboxylic acids is 1. The van der Waals surface area contributed by atoms with Gasteiger partial charge in [-0.05, 0) is 42.8 Å². The molecule has 4 aromatic rings. The predicted molar refractivity (Wildman–Crippen MR) is 104 cm³/mol. The highest BCUT2D eigenvalue weighted by Gasteiger charge is 2.09. The van der Waals surface area contributed by atoms with Gasteiger partial charge >= 0.3 is 0 Å². The Kier molecular flexibility index (Phi) is 4.30. The number of hydrogen-bond donors (Lipinski definition) is 1. The molecule has 134 valence electrons. The Morgan fingerprint density at radius 2 is 2.04 bits per heavy atom. The van der Waals surface area contributed by atoms with Gasteiger partial charge in [0, 0.05) is 35.9 Å². The van der Waals surface area contributed by atoms with Gasteiger partial charge in [-0.3, -0.25) is 4.79 Å². The van der Waals surface area contributed by atoms with Crippen LogP contribution in [0, 0.1) is 6.92 Å². The molecule has 6 heteroatoms. The van der Waals surface area contributed by atoms with Gasteiger partial charge in [-0.2, -0.15) is 0 Å². The van der Waals surface area contributed by atoms with Crippen LogP contribution in [0.25, 0.3) is 16.9 Å². The van der Waals surface area contributed by atoms with Crippen molar-refractivity contribution in [2.24, 2.45) is 0 Å². The summed E-state index contributed by atoms with van der Waals surface area (Å²) in [5.74, 6) is 0.239. The Hall–Kier alpha value is -3.67. The second-order valence-electron chi connectivity index (χ2n) is 6.22. The summed E-state index contributed by atoms with van der Waals surface area (Å²) in [6.07, 6.45) is 5.45. The molecule has 0 fully saturated rings. The Bertz CT molecular complexity index is 1120. The largest absolute Gasteiger partial charge is 0.481 e. The lowest BCUT2D eigenvalue weighted by atomic mass is 10.1. The first kappa shape index (κ1) is 16.8. The van der Waals surface area contributed by atoms with E-state index < -0.39 is 0 Å². The van der Waals surface area contributed by atoms with Crippen LogP contribution in [0.15, 0.2) is 67.1 Å². The average molecular weight is 358 g/mol. The molecule has 1 aromatic carbocycles. The van der Waals surface area contributed by atoms with Crippen molar-refractivity contribution in [3.8, 4) is 17.1 Å². The molecular formula is C21H18N4O2. The van der Waals surface area contributed by atoms with Crippen LogP contribution in [0.5, 0.6) is 5.88 Å². The van der Waals surface area contributed by atoms with Gasteiger partial charge in [0.2, 0.25) is 5.88 Å². The van der Waals surface area contributed by atoms with Crippen LogP contribution in [0.1, 0.15) is 15.9 Å². The van der Waals surface area contributed by atoms with Crippen LogP contribution in [-0.2, 0) is 0 Å². The number of amides is 1. The lowest BCUT2D eigenvalue weighted by Crippen LogP contribution is -2.12. The number of benzene rings is 1. The molecule has 0 radical (unpaired) electrons. The number of methoxy groups -OCH3 is 1. The molecule has 1 N–H and O–H groups in total. The highest BCUT2D eigenvalue weighted by atomic mass is 16.5. The van der Waals surface area contributed by atoms with Crippen molar-refractivity contribution >= 4 is 17.2 Å². The summed E-state index contributed by atoms with van der Waals surface area (Å²) in [7, 11) is 1.54. The maximum absolute atomic E-state index is 12.4. The molecule has 0 saturated heterocycles. The normalized spacial score (nSPS) is 10.7. The van der Waals surface area contributed by atoms with E-state index in [4.69, 9.17) is 4.74 Å². The molecular weight excluding hydrogens is 340 g/mol. The fraction of sp³-hybridized carbons (Fsp3) is 0.0952. The molecule has 0 unspecified atom stereocenters. The van der Waals surface area contributed by atoms with Crippen molar-refractivity contribution in [3.05, 3.63) is 78.2 Å². The fourth-order valence-corrected chi connectivity index (χ4v) is 2.82. The molecule has 0 aliphatic heterocycles. The van der Waals surface area contributed by atoms with E-state index >= 15 is 0 Å². The van der Waals surface area contributed by atoms with Gasteiger partial charge < -0.3 is 14.5 Å². The summed E-state index contributed by atoms with van der Waals surface area (Å²) in [4.78, 5) is 21.2. The van der Waals surface area contributed by atoms with Crippen LogP contribution < -0.4 is 10.1 Å². The van der Waals surface area contributed by atoms with Gasteiger partial charge in [-0.25, -0.2) is 9.97 Å². The number of imidazole rings is 1. The molecule has 0 atom stereocenters.